The molecule has 2 rings (SSSR count). The number of fused-ring (bicyclic) bond motifs is 1. The molecule has 0 radical (unpaired) electrons. The summed E-state index contributed by atoms with van der Waals surface area (Å²) in [5, 5.41) is 0. The first-order valence-corrected chi connectivity index (χ1v) is 5.38. The van der Waals surface area contributed by atoms with E-state index in [4.69, 9.17) is 18.9 Å². The van der Waals surface area contributed by atoms with E-state index in [-0.39, 0.29) is 13.2 Å². The Bertz CT molecular complexity index is 298. The summed E-state index contributed by atoms with van der Waals surface area (Å²) in [6.45, 7) is 0.344. The summed E-state index contributed by atoms with van der Waals surface area (Å²) < 4.78 is 29.5. The fourth-order valence-electron chi connectivity index (χ4n) is 1.97. The van der Waals surface area contributed by atoms with Gasteiger partial charge >= 0.3 is 12.3 Å². The van der Waals surface area contributed by atoms with Gasteiger partial charge in [-0.15, -0.1) is 0 Å². The van der Waals surface area contributed by atoms with Crippen molar-refractivity contribution >= 4 is 12.3 Å². The minimum Gasteiger partial charge on any atom is -0.438 e. The van der Waals surface area contributed by atoms with Crippen molar-refractivity contribution in [3.8, 4) is 0 Å². The lowest BCUT2D eigenvalue weighted by atomic mass is 10.1. The number of carbonyl (C=O) groups is 2. The standard InChI is InChI=1S/C10H14O8/c1-13-9(11)17-5-3-15-8-6(4-16-7(5)8)18-10(12)14-2/h5-8H,3-4H2,1-2H3/t5-,6+,7-,8-/m1/s1. The summed E-state index contributed by atoms with van der Waals surface area (Å²) in [6, 6.07) is 0. The number of hydrogen-bond acceptors (Lipinski definition) is 8. The maximum absolute atomic E-state index is 11.0. The summed E-state index contributed by atoms with van der Waals surface area (Å²) in [6.07, 6.45) is -3.64. The van der Waals surface area contributed by atoms with Gasteiger partial charge in [0, 0.05) is 0 Å². The lowest BCUT2D eigenvalue weighted by Gasteiger charge is -2.16. The Kier molecular flexibility index (Phi) is 3.87. The Morgan fingerprint density at radius 2 is 1.28 bits per heavy atom. The van der Waals surface area contributed by atoms with Crippen LogP contribution >= 0.6 is 0 Å². The van der Waals surface area contributed by atoms with Crippen molar-refractivity contribution in [3.63, 3.8) is 0 Å². The van der Waals surface area contributed by atoms with E-state index in [9.17, 15) is 9.59 Å². The molecule has 0 unspecified atom stereocenters. The molecule has 0 bridgehead atoms. The molecule has 8 heteroatoms. The van der Waals surface area contributed by atoms with Gasteiger partial charge in [-0.3, -0.25) is 0 Å². The summed E-state index contributed by atoms with van der Waals surface area (Å²) in [7, 11) is 2.43. The predicted octanol–water partition coefficient (Wildman–Crippen LogP) is 0.0872. The van der Waals surface area contributed by atoms with Crippen LogP contribution in [0.4, 0.5) is 9.59 Å². The second-order valence-electron chi connectivity index (χ2n) is 3.82. The van der Waals surface area contributed by atoms with E-state index in [0.717, 1.165) is 0 Å². The highest BCUT2D eigenvalue weighted by molar-refractivity contribution is 5.60. The maximum atomic E-state index is 11.0. The van der Waals surface area contributed by atoms with Crippen LogP contribution in [-0.2, 0) is 28.4 Å². The molecule has 0 N–H and O–H groups in total. The van der Waals surface area contributed by atoms with Crippen LogP contribution in [-0.4, -0.2) is 64.2 Å². The molecule has 2 saturated heterocycles. The number of hydrogen-bond donors (Lipinski definition) is 0. The van der Waals surface area contributed by atoms with Gasteiger partial charge in [-0.1, -0.05) is 0 Å². The van der Waals surface area contributed by atoms with E-state index in [2.05, 4.69) is 9.47 Å². The quantitative estimate of drug-likeness (QED) is 0.647. The molecular formula is C10H14O8. The van der Waals surface area contributed by atoms with E-state index in [1.807, 2.05) is 0 Å². The average Bonchev–Trinajstić information content (AvgIpc) is 2.93. The van der Waals surface area contributed by atoms with Crippen molar-refractivity contribution in [1.29, 1.82) is 0 Å². The Labute approximate surface area is 103 Å². The van der Waals surface area contributed by atoms with Crippen molar-refractivity contribution in [2.45, 2.75) is 24.4 Å². The molecule has 0 aromatic rings. The van der Waals surface area contributed by atoms with Crippen molar-refractivity contribution in [2.75, 3.05) is 27.4 Å². The highest BCUT2D eigenvalue weighted by Crippen LogP contribution is 2.30. The highest BCUT2D eigenvalue weighted by Gasteiger charge is 2.51. The number of methoxy groups -OCH3 is 2. The van der Waals surface area contributed by atoms with Crippen LogP contribution < -0.4 is 0 Å². The number of rotatable bonds is 2. The highest BCUT2D eigenvalue weighted by atomic mass is 16.8. The van der Waals surface area contributed by atoms with Gasteiger partial charge < -0.3 is 28.4 Å². The molecule has 2 fully saturated rings. The summed E-state index contributed by atoms with van der Waals surface area (Å²) >= 11 is 0. The minimum absolute atomic E-state index is 0.172. The Balaban J connectivity index is 1.90. The largest absolute Gasteiger partial charge is 0.508 e. The molecule has 2 aliphatic rings. The van der Waals surface area contributed by atoms with Gasteiger partial charge in [0.2, 0.25) is 0 Å². The molecule has 0 aliphatic carbocycles. The van der Waals surface area contributed by atoms with Gasteiger partial charge in [-0.2, -0.15) is 0 Å². The fraction of sp³-hybridized carbons (Fsp3) is 0.800. The molecule has 0 aromatic carbocycles. The number of ether oxygens (including phenoxy) is 6. The third kappa shape index (κ3) is 2.49. The van der Waals surface area contributed by atoms with Gasteiger partial charge in [0.15, 0.2) is 12.2 Å². The molecule has 4 atom stereocenters. The van der Waals surface area contributed by atoms with Crippen LogP contribution in [0, 0.1) is 0 Å². The van der Waals surface area contributed by atoms with Crippen LogP contribution in [0.3, 0.4) is 0 Å². The molecule has 0 saturated carbocycles. The second kappa shape index (κ2) is 5.40. The van der Waals surface area contributed by atoms with Crippen molar-refractivity contribution in [3.05, 3.63) is 0 Å². The molecule has 18 heavy (non-hydrogen) atoms. The van der Waals surface area contributed by atoms with Crippen molar-refractivity contribution in [1.82, 2.24) is 0 Å². The molecule has 2 aliphatic heterocycles. The third-order valence-electron chi connectivity index (χ3n) is 2.79. The van der Waals surface area contributed by atoms with Gasteiger partial charge in [-0.05, 0) is 0 Å². The second-order valence-corrected chi connectivity index (χ2v) is 3.82. The average molecular weight is 262 g/mol. The predicted molar refractivity (Wildman–Crippen MR) is 54.0 cm³/mol. The fourth-order valence-corrected chi connectivity index (χ4v) is 1.97. The Morgan fingerprint density at radius 1 is 0.889 bits per heavy atom. The first kappa shape index (κ1) is 12.9. The first-order valence-electron chi connectivity index (χ1n) is 5.38. The Hall–Kier alpha value is -1.54. The molecule has 0 aromatic heterocycles. The van der Waals surface area contributed by atoms with Crippen molar-refractivity contribution < 1.29 is 38.0 Å². The zero-order valence-electron chi connectivity index (χ0n) is 9.99. The van der Waals surface area contributed by atoms with Gasteiger partial charge in [0.05, 0.1) is 27.4 Å². The summed E-state index contributed by atoms with van der Waals surface area (Å²) in [4.78, 5) is 22.0. The van der Waals surface area contributed by atoms with Gasteiger partial charge in [0.25, 0.3) is 0 Å². The van der Waals surface area contributed by atoms with Crippen LogP contribution in [0.2, 0.25) is 0 Å². The SMILES string of the molecule is COC(=O)O[C@H]1CO[C@H]2[C@@H]1OC[C@H]2OC(=O)OC. The van der Waals surface area contributed by atoms with Gasteiger partial charge in [0.1, 0.15) is 12.2 Å². The van der Waals surface area contributed by atoms with Crippen LogP contribution in [0.15, 0.2) is 0 Å². The normalized spacial score (nSPS) is 33.7. The van der Waals surface area contributed by atoms with Crippen molar-refractivity contribution in [2.24, 2.45) is 0 Å². The van der Waals surface area contributed by atoms with Gasteiger partial charge in [-0.25, -0.2) is 9.59 Å². The van der Waals surface area contributed by atoms with E-state index in [1.165, 1.54) is 14.2 Å². The lowest BCUT2D eigenvalue weighted by Crippen LogP contribution is -2.35. The molecule has 0 spiro atoms. The Morgan fingerprint density at radius 3 is 1.61 bits per heavy atom. The van der Waals surface area contributed by atoms with E-state index >= 15 is 0 Å². The summed E-state index contributed by atoms with van der Waals surface area (Å²) in [5.74, 6) is 0. The first-order chi connectivity index (χ1) is 8.65. The van der Waals surface area contributed by atoms with E-state index in [1.54, 1.807) is 0 Å². The molecular weight excluding hydrogens is 248 g/mol. The molecule has 0 amide bonds. The monoisotopic (exact) mass is 262 g/mol. The third-order valence-corrected chi connectivity index (χ3v) is 2.79. The zero-order chi connectivity index (χ0) is 13.1. The summed E-state index contributed by atoms with van der Waals surface area (Å²) in [5.41, 5.74) is 0. The zero-order valence-corrected chi connectivity index (χ0v) is 9.99. The number of carbonyl (C=O) groups excluding carboxylic acids is 2. The lowest BCUT2D eigenvalue weighted by molar-refractivity contribution is -0.0364. The molecule has 8 nitrogen and oxygen atoms in total. The van der Waals surface area contributed by atoms with E-state index < -0.39 is 36.7 Å². The minimum atomic E-state index is -0.801. The smallest absolute Gasteiger partial charge is 0.438 e. The van der Waals surface area contributed by atoms with E-state index in [0.29, 0.717) is 0 Å². The van der Waals surface area contributed by atoms with Crippen LogP contribution in [0.25, 0.3) is 0 Å². The molecule has 2 heterocycles. The van der Waals surface area contributed by atoms with Crippen LogP contribution in [0.5, 0.6) is 0 Å². The topological polar surface area (TPSA) is 89.5 Å². The van der Waals surface area contributed by atoms with Crippen LogP contribution in [0.1, 0.15) is 0 Å². The molecule has 102 valence electrons. The maximum Gasteiger partial charge on any atom is 0.508 e.